The summed E-state index contributed by atoms with van der Waals surface area (Å²) in [7, 11) is 0. The lowest BCUT2D eigenvalue weighted by molar-refractivity contribution is 0.0747. The van der Waals surface area contributed by atoms with Crippen molar-refractivity contribution in [2.75, 3.05) is 13.1 Å². The zero-order valence-corrected chi connectivity index (χ0v) is 10.8. The largest absolute Gasteiger partial charge is 0.326 e. The number of nitrogens with two attached hydrogens (primary N) is 1. The molecule has 2 heteroatoms. The fourth-order valence-electron chi connectivity index (χ4n) is 3.27. The standard InChI is InChI=1S/C14H26N2/c1-4-7-10-13(15)14(11-8-9-12-14)16(5-2)6-3/h1,13H,5-12,15H2,2-3H3. The average Bonchev–Trinajstić information content (AvgIpc) is 2.78. The van der Waals surface area contributed by atoms with Crippen molar-refractivity contribution in [3.63, 3.8) is 0 Å². The van der Waals surface area contributed by atoms with Crippen LogP contribution in [-0.2, 0) is 0 Å². The topological polar surface area (TPSA) is 29.3 Å². The summed E-state index contributed by atoms with van der Waals surface area (Å²) in [6.45, 7) is 6.66. The van der Waals surface area contributed by atoms with Crippen LogP contribution in [0.2, 0.25) is 0 Å². The van der Waals surface area contributed by atoms with E-state index in [2.05, 4.69) is 24.7 Å². The molecule has 0 bridgehead atoms. The maximum atomic E-state index is 6.41. The summed E-state index contributed by atoms with van der Waals surface area (Å²) in [5.41, 5.74) is 6.65. The molecule has 1 aliphatic carbocycles. The minimum Gasteiger partial charge on any atom is -0.326 e. The van der Waals surface area contributed by atoms with Gasteiger partial charge in [-0.15, -0.1) is 12.3 Å². The molecule has 1 saturated carbocycles. The number of hydrogen-bond donors (Lipinski definition) is 1. The van der Waals surface area contributed by atoms with Crippen molar-refractivity contribution in [3.05, 3.63) is 0 Å². The molecule has 0 aromatic heterocycles. The van der Waals surface area contributed by atoms with Gasteiger partial charge in [0.05, 0.1) is 0 Å². The maximum absolute atomic E-state index is 6.41. The molecule has 1 atom stereocenters. The highest BCUT2D eigenvalue weighted by atomic mass is 15.2. The fraction of sp³-hybridized carbons (Fsp3) is 0.857. The zero-order valence-electron chi connectivity index (χ0n) is 10.8. The van der Waals surface area contributed by atoms with E-state index in [1.807, 2.05) is 0 Å². The molecular weight excluding hydrogens is 196 g/mol. The van der Waals surface area contributed by atoms with Gasteiger partial charge in [-0.2, -0.15) is 0 Å². The van der Waals surface area contributed by atoms with E-state index in [1.54, 1.807) is 0 Å². The van der Waals surface area contributed by atoms with Gasteiger partial charge in [-0.1, -0.05) is 26.7 Å². The van der Waals surface area contributed by atoms with Crippen molar-refractivity contribution in [1.29, 1.82) is 0 Å². The Labute approximate surface area is 101 Å². The molecule has 92 valence electrons. The van der Waals surface area contributed by atoms with Crippen molar-refractivity contribution < 1.29 is 0 Å². The molecule has 0 aromatic carbocycles. The highest BCUT2D eigenvalue weighted by Crippen LogP contribution is 2.38. The summed E-state index contributed by atoms with van der Waals surface area (Å²) < 4.78 is 0. The van der Waals surface area contributed by atoms with E-state index in [4.69, 9.17) is 12.2 Å². The Morgan fingerprint density at radius 1 is 1.31 bits per heavy atom. The van der Waals surface area contributed by atoms with Gasteiger partial charge in [0, 0.05) is 18.0 Å². The molecule has 0 spiro atoms. The maximum Gasteiger partial charge on any atom is 0.0360 e. The summed E-state index contributed by atoms with van der Waals surface area (Å²) >= 11 is 0. The molecule has 0 aliphatic heterocycles. The minimum absolute atomic E-state index is 0.236. The van der Waals surface area contributed by atoms with Gasteiger partial charge in [0.1, 0.15) is 0 Å². The first kappa shape index (κ1) is 13.5. The van der Waals surface area contributed by atoms with Gasteiger partial charge in [-0.25, -0.2) is 0 Å². The summed E-state index contributed by atoms with van der Waals surface area (Å²) in [5.74, 6) is 2.72. The van der Waals surface area contributed by atoms with Crippen molar-refractivity contribution in [2.24, 2.45) is 5.73 Å². The third-order valence-electron chi connectivity index (χ3n) is 4.15. The van der Waals surface area contributed by atoms with Crippen LogP contribution in [0.15, 0.2) is 0 Å². The molecule has 0 aromatic rings. The predicted molar refractivity (Wildman–Crippen MR) is 70.2 cm³/mol. The van der Waals surface area contributed by atoms with Crippen LogP contribution in [0.3, 0.4) is 0 Å². The van der Waals surface area contributed by atoms with Crippen LogP contribution in [0.25, 0.3) is 0 Å². The molecule has 1 unspecified atom stereocenters. The second kappa shape index (κ2) is 6.27. The summed E-state index contributed by atoms with van der Waals surface area (Å²) in [4.78, 5) is 2.56. The Morgan fingerprint density at radius 3 is 2.31 bits per heavy atom. The first-order chi connectivity index (χ1) is 7.71. The van der Waals surface area contributed by atoms with Crippen LogP contribution in [0.5, 0.6) is 0 Å². The Morgan fingerprint density at radius 2 is 1.88 bits per heavy atom. The van der Waals surface area contributed by atoms with Crippen LogP contribution in [0.1, 0.15) is 52.4 Å². The number of hydrogen-bond acceptors (Lipinski definition) is 2. The molecule has 0 radical (unpaired) electrons. The van der Waals surface area contributed by atoms with Crippen molar-refractivity contribution in [3.8, 4) is 12.3 Å². The molecule has 0 heterocycles. The second-order valence-electron chi connectivity index (χ2n) is 4.83. The normalized spacial score (nSPS) is 20.9. The van der Waals surface area contributed by atoms with Crippen molar-refractivity contribution >= 4 is 0 Å². The van der Waals surface area contributed by atoms with Gasteiger partial charge in [0.25, 0.3) is 0 Å². The zero-order chi connectivity index (χ0) is 12.0. The van der Waals surface area contributed by atoms with Crippen LogP contribution >= 0.6 is 0 Å². The molecular formula is C14H26N2. The SMILES string of the molecule is C#CCCC(N)C1(N(CC)CC)CCCC1. The summed E-state index contributed by atoms with van der Waals surface area (Å²) in [6.07, 6.45) is 12.3. The minimum atomic E-state index is 0.236. The summed E-state index contributed by atoms with van der Waals surface area (Å²) in [6, 6.07) is 0.242. The van der Waals surface area contributed by atoms with E-state index >= 15 is 0 Å². The van der Waals surface area contributed by atoms with Gasteiger partial charge in [-0.3, -0.25) is 4.90 Å². The van der Waals surface area contributed by atoms with E-state index in [1.165, 1.54) is 25.7 Å². The molecule has 1 fully saturated rings. The van der Waals surface area contributed by atoms with Gasteiger partial charge in [-0.05, 0) is 32.4 Å². The number of rotatable bonds is 6. The number of terminal acetylenes is 1. The van der Waals surface area contributed by atoms with Crippen LogP contribution in [0, 0.1) is 12.3 Å². The quantitative estimate of drug-likeness (QED) is 0.699. The Bertz CT molecular complexity index is 232. The lowest BCUT2D eigenvalue weighted by Crippen LogP contribution is -2.58. The van der Waals surface area contributed by atoms with E-state index in [0.717, 1.165) is 25.9 Å². The van der Waals surface area contributed by atoms with Gasteiger partial charge in [0.2, 0.25) is 0 Å². The van der Waals surface area contributed by atoms with E-state index in [9.17, 15) is 0 Å². The first-order valence-electron chi connectivity index (χ1n) is 6.65. The van der Waals surface area contributed by atoms with Crippen molar-refractivity contribution in [1.82, 2.24) is 4.90 Å². The monoisotopic (exact) mass is 222 g/mol. The smallest absolute Gasteiger partial charge is 0.0360 e. The Balaban J connectivity index is 2.75. The third kappa shape index (κ3) is 2.59. The van der Waals surface area contributed by atoms with Gasteiger partial charge < -0.3 is 5.73 Å². The molecule has 2 nitrogen and oxygen atoms in total. The summed E-state index contributed by atoms with van der Waals surface area (Å²) in [5, 5.41) is 0. The first-order valence-corrected chi connectivity index (χ1v) is 6.65. The van der Waals surface area contributed by atoms with E-state index in [0.29, 0.717) is 0 Å². The van der Waals surface area contributed by atoms with Crippen molar-refractivity contribution in [2.45, 2.75) is 64.0 Å². The number of likely N-dealkylation sites (N-methyl/N-ethyl adjacent to an activating group) is 1. The molecule has 1 rings (SSSR count). The second-order valence-corrected chi connectivity index (χ2v) is 4.83. The van der Waals surface area contributed by atoms with Gasteiger partial charge >= 0.3 is 0 Å². The lowest BCUT2D eigenvalue weighted by Gasteiger charge is -2.44. The molecule has 0 saturated heterocycles. The molecule has 0 amide bonds. The van der Waals surface area contributed by atoms with Gasteiger partial charge in [0.15, 0.2) is 0 Å². The average molecular weight is 222 g/mol. The van der Waals surface area contributed by atoms with E-state index < -0.39 is 0 Å². The Hall–Kier alpha value is -0.520. The van der Waals surface area contributed by atoms with E-state index in [-0.39, 0.29) is 11.6 Å². The highest BCUT2D eigenvalue weighted by molar-refractivity contribution is 5.03. The van der Waals surface area contributed by atoms with Crippen LogP contribution in [0.4, 0.5) is 0 Å². The fourth-order valence-corrected chi connectivity index (χ4v) is 3.27. The molecule has 16 heavy (non-hydrogen) atoms. The highest BCUT2D eigenvalue weighted by Gasteiger charge is 2.42. The predicted octanol–water partition coefficient (Wildman–Crippen LogP) is 2.38. The van der Waals surface area contributed by atoms with Crippen LogP contribution < -0.4 is 5.73 Å². The molecule has 1 aliphatic rings. The number of nitrogens with zero attached hydrogens (tertiary/aromatic N) is 1. The van der Waals surface area contributed by atoms with Crippen LogP contribution in [-0.4, -0.2) is 29.6 Å². The third-order valence-corrected chi connectivity index (χ3v) is 4.15. The molecule has 2 N–H and O–H groups in total. The lowest BCUT2D eigenvalue weighted by atomic mass is 9.84. The Kier molecular flexibility index (Phi) is 5.31.